The first-order chi connectivity index (χ1) is 21.4. The maximum atomic E-state index is 14.7. The molecule has 224 valence electrons. The zero-order valence-electron chi connectivity index (χ0n) is 23.4. The van der Waals surface area contributed by atoms with Gasteiger partial charge >= 0.3 is 0 Å². The number of carbonyl (C=O) groups is 3. The van der Waals surface area contributed by atoms with Gasteiger partial charge in [0.1, 0.15) is 30.9 Å². The second-order valence-corrected chi connectivity index (χ2v) is 11.0. The predicted molar refractivity (Wildman–Crippen MR) is 157 cm³/mol. The average Bonchev–Trinajstić information content (AvgIpc) is 3.83. The lowest BCUT2D eigenvalue weighted by Gasteiger charge is -2.24. The molecule has 0 spiro atoms. The molecule has 0 aliphatic carbocycles. The number of carbonyl (C=O) groups excluding carboxylic acids is 3. The minimum atomic E-state index is -1.38. The van der Waals surface area contributed by atoms with Crippen LogP contribution in [0.5, 0.6) is 0 Å². The Balaban J connectivity index is 1.13. The van der Waals surface area contributed by atoms with Crippen LogP contribution >= 0.6 is 0 Å². The molecule has 2 fully saturated rings. The quantitative estimate of drug-likeness (QED) is 0.250. The van der Waals surface area contributed by atoms with Crippen LogP contribution in [0.3, 0.4) is 0 Å². The molecule has 6 heterocycles. The van der Waals surface area contributed by atoms with Crippen LogP contribution in [0.25, 0.3) is 33.1 Å². The van der Waals surface area contributed by atoms with Gasteiger partial charge in [-0.2, -0.15) is 15.3 Å². The Morgan fingerprint density at radius 1 is 1.09 bits per heavy atom. The maximum absolute atomic E-state index is 14.7. The molecule has 44 heavy (non-hydrogen) atoms. The fourth-order valence-electron chi connectivity index (χ4n) is 6.09. The highest BCUT2D eigenvalue weighted by molar-refractivity contribution is 6.07. The molecule has 3 unspecified atom stereocenters. The number of nitrogens with zero attached hydrogens (tertiary/aromatic N) is 8. The number of aromatic nitrogens is 7. The molecule has 2 aliphatic rings. The summed E-state index contributed by atoms with van der Waals surface area (Å²) in [6, 6.07) is 6.28. The summed E-state index contributed by atoms with van der Waals surface area (Å²) in [4.78, 5) is 49.2. The number of amides is 3. The van der Waals surface area contributed by atoms with Gasteiger partial charge in [0, 0.05) is 35.6 Å². The third-order valence-corrected chi connectivity index (χ3v) is 8.26. The molecule has 2 saturated heterocycles. The molecule has 1 aromatic carbocycles. The van der Waals surface area contributed by atoms with Crippen molar-refractivity contribution >= 4 is 45.5 Å². The number of anilines is 1. The number of halogens is 1. The van der Waals surface area contributed by atoms with E-state index in [1.807, 2.05) is 10.7 Å². The van der Waals surface area contributed by atoms with E-state index in [1.54, 1.807) is 41.4 Å². The summed E-state index contributed by atoms with van der Waals surface area (Å²) < 4.78 is 18.1. The van der Waals surface area contributed by atoms with Crippen molar-refractivity contribution < 1.29 is 18.8 Å². The lowest BCUT2D eigenvalue weighted by atomic mass is 10.0. The van der Waals surface area contributed by atoms with E-state index in [0.717, 1.165) is 30.6 Å². The van der Waals surface area contributed by atoms with E-state index in [4.69, 9.17) is 5.73 Å². The third-order valence-electron chi connectivity index (χ3n) is 8.26. The van der Waals surface area contributed by atoms with Crippen molar-refractivity contribution in [3.63, 3.8) is 0 Å². The third kappa shape index (κ3) is 4.90. The summed E-state index contributed by atoms with van der Waals surface area (Å²) >= 11 is 0. The molecular weight excluding hydrogens is 569 g/mol. The monoisotopic (exact) mass is 597 g/mol. The molecule has 5 aromatic rings. The number of fused-ring (bicyclic) bond motifs is 2. The van der Waals surface area contributed by atoms with Gasteiger partial charge in [-0.1, -0.05) is 6.07 Å². The lowest BCUT2D eigenvalue weighted by Crippen LogP contribution is -2.44. The zero-order chi connectivity index (χ0) is 30.4. The van der Waals surface area contributed by atoms with Gasteiger partial charge in [0.25, 0.3) is 5.91 Å². The summed E-state index contributed by atoms with van der Waals surface area (Å²) in [5, 5.41) is 19.3. The molecule has 3 amide bonds. The number of nitrogens with two attached hydrogens (primary N) is 1. The van der Waals surface area contributed by atoms with E-state index in [0.29, 0.717) is 21.9 Å². The van der Waals surface area contributed by atoms with Gasteiger partial charge in [0.2, 0.25) is 11.8 Å². The van der Waals surface area contributed by atoms with Crippen molar-refractivity contribution in [3.05, 3.63) is 60.9 Å². The van der Waals surface area contributed by atoms with E-state index in [1.165, 1.54) is 17.4 Å². The summed E-state index contributed by atoms with van der Waals surface area (Å²) in [6.45, 7) is 1.18. The van der Waals surface area contributed by atoms with Gasteiger partial charge in [-0.25, -0.2) is 19.0 Å². The Morgan fingerprint density at radius 2 is 1.98 bits per heavy atom. The van der Waals surface area contributed by atoms with Crippen LogP contribution in [-0.2, 0) is 16.1 Å². The molecule has 4 N–H and O–H groups in total. The number of nitrogens with one attached hydrogen (secondary N) is 2. The standard InChI is InChI=1S/C29H28FN11O3/c30-18-8-24(29(44)38-27-21-11-37-41(19-4-5-32-10-19)28(21)34-15-33-27)40(12-18)25(42)14-39-13-22(26(31)43)20-7-16(1-2-23(20)39)17-3-6-35-36-9-17/h1-3,6-7,9,11,13,15,18-19,24,32H,4-5,8,10,12,14H2,(H2,31,43)(H,33,34,38,44). The molecule has 14 nitrogen and oxygen atoms in total. The molecule has 15 heteroatoms. The smallest absolute Gasteiger partial charge is 0.250 e. The first kappa shape index (κ1) is 27.5. The van der Waals surface area contributed by atoms with Crippen molar-refractivity contribution in [2.45, 2.75) is 37.6 Å². The summed E-state index contributed by atoms with van der Waals surface area (Å²) in [5.74, 6) is -1.44. The van der Waals surface area contributed by atoms with E-state index < -0.39 is 29.9 Å². The van der Waals surface area contributed by atoms with Crippen LogP contribution in [0.2, 0.25) is 0 Å². The van der Waals surface area contributed by atoms with Crippen molar-refractivity contribution in [2.24, 2.45) is 5.73 Å². The summed E-state index contributed by atoms with van der Waals surface area (Å²) in [6.07, 6.45) is 6.99. The maximum Gasteiger partial charge on any atom is 0.250 e. The molecule has 3 atom stereocenters. The van der Waals surface area contributed by atoms with Gasteiger partial charge < -0.3 is 25.8 Å². The molecule has 4 aromatic heterocycles. The van der Waals surface area contributed by atoms with Crippen molar-refractivity contribution in [1.29, 1.82) is 0 Å². The van der Waals surface area contributed by atoms with E-state index in [9.17, 15) is 18.8 Å². The van der Waals surface area contributed by atoms with Gasteiger partial charge in [-0.3, -0.25) is 14.4 Å². The number of benzene rings is 1. The average molecular weight is 598 g/mol. The van der Waals surface area contributed by atoms with Crippen LogP contribution in [-0.4, -0.2) is 89.0 Å². The van der Waals surface area contributed by atoms with Crippen LogP contribution in [0.1, 0.15) is 29.2 Å². The van der Waals surface area contributed by atoms with Gasteiger partial charge in [-0.15, -0.1) is 0 Å². The number of primary amides is 1. The molecular formula is C29H28FN11O3. The van der Waals surface area contributed by atoms with Gasteiger partial charge in [0.05, 0.1) is 42.1 Å². The number of likely N-dealkylation sites (tertiary alicyclic amines) is 1. The highest BCUT2D eigenvalue weighted by Gasteiger charge is 2.40. The molecule has 2 aliphatic heterocycles. The van der Waals surface area contributed by atoms with Crippen molar-refractivity contribution in [1.82, 2.24) is 44.7 Å². The SMILES string of the molecule is NC(=O)c1cn(CC(=O)N2CC(F)CC2C(=O)Nc2ncnc3c2cnn3C2CCNC2)c2ccc(-c3ccnnc3)cc12. The number of hydrogen-bond acceptors (Lipinski definition) is 9. The number of hydrogen-bond donors (Lipinski definition) is 3. The summed E-state index contributed by atoms with van der Waals surface area (Å²) in [5.41, 5.74) is 8.67. The van der Waals surface area contributed by atoms with Crippen LogP contribution < -0.4 is 16.4 Å². The molecule has 0 bridgehead atoms. The molecule has 0 radical (unpaired) electrons. The molecule has 0 saturated carbocycles. The number of alkyl halides is 1. The second-order valence-electron chi connectivity index (χ2n) is 11.0. The lowest BCUT2D eigenvalue weighted by molar-refractivity contribution is -0.137. The highest BCUT2D eigenvalue weighted by atomic mass is 19.1. The fourth-order valence-corrected chi connectivity index (χ4v) is 6.09. The molecule has 7 rings (SSSR count). The Hall–Kier alpha value is -5.31. The minimum Gasteiger partial charge on any atom is -0.366 e. The van der Waals surface area contributed by atoms with Crippen molar-refractivity contribution in [2.75, 3.05) is 25.0 Å². The van der Waals surface area contributed by atoms with Crippen LogP contribution in [0, 0.1) is 0 Å². The van der Waals surface area contributed by atoms with E-state index in [2.05, 4.69) is 35.9 Å². The first-order valence-electron chi connectivity index (χ1n) is 14.2. The Labute approximate surface area is 249 Å². The largest absolute Gasteiger partial charge is 0.366 e. The van der Waals surface area contributed by atoms with Crippen LogP contribution in [0.15, 0.2) is 55.4 Å². The topological polar surface area (TPSA) is 179 Å². The van der Waals surface area contributed by atoms with Gasteiger partial charge in [-0.05, 0) is 36.7 Å². The number of rotatable bonds is 7. The Kier molecular flexibility index (Phi) is 6.93. The Bertz CT molecular complexity index is 1900. The minimum absolute atomic E-state index is 0.139. The Morgan fingerprint density at radius 3 is 2.75 bits per heavy atom. The first-order valence-corrected chi connectivity index (χ1v) is 14.2. The van der Waals surface area contributed by atoms with Gasteiger partial charge in [0.15, 0.2) is 5.65 Å². The summed E-state index contributed by atoms with van der Waals surface area (Å²) in [7, 11) is 0. The van der Waals surface area contributed by atoms with E-state index in [-0.39, 0.29) is 36.9 Å². The van der Waals surface area contributed by atoms with Crippen LogP contribution in [0.4, 0.5) is 10.2 Å². The normalized spacial score (nSPS) is 20.0. The highest BCUT2D eigenvalue weighted by Crippen LogP contribution is 2.30. The van der Waals surface area contributed by atoms with Crippen molar-refractivity contribution in [3.8, 4) is 11.1 Å². The second kappa shape index (κ2) is 11.1. The zero-order valence-corrected chi connectivity index (χ0v) is 23.4. The fraction of sp³-hybridized carbons (Fsp3) is 0.310. The predicted octanol–water partition coefficient (Wildman–Crippen LogP) is 1.45. The van der Waals surface area contributed by atoms with E-state index >= 15 is 0 Å².